The summed E-state index contributed by atoms with van der Waals surface area (Å²) in [6.45, 7) is 4.80. The number of hydrogen-bond donors (Lipinski definition) is 1. The summed E-state index contributed by atoms with van der Waals surface area (Å²) in [4.78, 5) is 19.8. The quantitative estimate of drug-likeness (QED) is 0.0873. The topological polar surface area (TPSA) is 46.2 Å². The van der Waals surface area contributed by atoms with Gasteiger partial charge in [-0.3, -0.25) is 12.7 Å². The Morgan fingerprint density at radius 3 is 1.32 bits per heavy atom. The third kappa shape index (κ3) is 9.73. The molecule has 0 spiro atoms. The number of aldehydes is 1. The molecule has 0 aliphatic carbocycles. The molecular weight excluding hydrogens is 581 g/mol. The number of hydrogen-bond acceptors (Lipinski definition) is 3. The van der Waals surface area contributed by atoms with Crippen molar-refractivity contribution in [2.75, 3.05) is 25.4 Å². The molecule has 37 heavy (non-hydrogen) atoms. The van der Waals surface area contributed by atoms with E-state index >= 15 is 0 Å². The molecule has 1 radical (unpaired) electrons. The second kappa shape index (κ2) is 17.9. The molecule has 0 saturated heterocycles. The molecule has 190 valence electrons. The summed E-state index contributed by atoms with van der Waals surface area (Å²) in [5.41, 5.74) is 0. The average molecular weight is 616 g/mol. The van der Waals surface area contributed by atoms with E-state index < -0.39 is 15.8 Å². The van der Waals surface area contributed by atoms with Gasteiger partial charge in [0.1, 0.15) is 0 Å². The van der Waals surface area contributed by atoms with Gasteiger partial charge < -0.3 is 14.9 Å². The van der Waals surface area contributed by atoms with Crippen LogP contribution in [0.25, 0.3) is 0 Å². The van der Waals surface area contributed by atoms with Gasteiger partial charge in [-0.25, -0.2) is 0 Å². The van der Waals surface area contributed by atoms with Crippen molar-refractivity contribution in [3.05, 3.63) is 127 Å². The van der Waals surface area contributed by atoms with E-state index in [1.807, 2.05) is 0 Å². The molecule has 4 aromatic rings. The van der Waals surface area contributed by atoms with Gasteiger partial charge in [0.15, 0.2) is 0 Å². The van der Waals surface area contributed by atoms with Crippen molar-refractivity contribution < 1.29 is 29.1 Å². The van der Waals surface area contributed by atoms with Gasteiger partial charge >= 0.3 is 19.5 Å². The molecule has 0 fully saturated rings. The van der Waals surface area contributed by atoms with Crippen molar-refractivity contribution in [1.29, 1.82) is 0 Å². The number of rotatable bonds is 12. The van der Waals surface area contributed by atoms with Crippen LogP contribution in [0.5, 0.6) is 0 Å². The summed E-state index contributed by atoms with van der Waals surface area (Å²) in [6.07, 6.45) is 2.98. The first-order chi connectivity index (χ1) is 17.8. The van der Waals surface area contributed by atoms with Crippen molar-refractivity contribution >= 4 is 50.1 Å². The van der Waals surface area contributed by atoms with Crippen molar-refractivity contribution in [1.82, 2.24) is 5.32 Å². The third-order valence-electron chi connectivity index (χ3n) is 5.96. The minimum absolute atomic E-state index is 0. The van der Waals surface area contributed by atoms with E-state index in [2.05, 4.69) is 133 Å². The molecule has 4 rings (SSSR count). The van der Waals surface area contributed by atoms with Gasteiger partial charge in [0, 0.05) is 14.5 Å². The molecule has 4 aromatic carbocycles. The van der Waals surface area contributed by atoms with Gasteiger partial charge in [-0.15, -0.1) is 6.54 Å². The standard InChI is InChI=1S/C30H30NOP2.CHO.Ru.H/c32-24-26(25-34(29-17-9-3-10-18-29)30-19-11-4-12-20-30)23-31-21-22-33(27-13-5-1-6-14-27)28-15-7-2-8-16-28;1-2;;/h1-20,24,31H,21-23,25H2;1H;;/q2*-1;+3;/p+2. The second-order valence-corrected chi connectivity index (χ2v) is 13.4. The number of nitrogens with one attached hydrogen (secondary N) is 1. The SMILES string of the molecule is O=C[C-](CNCC[PH+](c1ccccc1)c1ccccc1)C[PH+](c1ccccc1)c1ccccc1.[CH-]=O.[RuH+3]. The molecule has 0 atom stereocenters. The van der Waals surface area contributed by atoms with Crippen LogP contribution >= 0.6 is 15.8 Å². The molecule has 0 aliphatic heterocycles. The summed E-state index contributed by atoms with van der Waals surface area (Å²) < 4.78 is 0. The summed E-state index contributed by atoms with van der Waals surface area (Å²) in [5.74, 6) is 0.954. The zero-order valence-electron chi connectivity index (χ0n) is 20.7. The van der Waals surface area contributed by atoms with Gasteiger partial charge in [-0.05, 0) is 61.0 Å². The van der Waals surface area contributed by atoms with E-state index in [1.165, 1.54) is 21.2 Å². The Morgan fingerprint density at radius 1 is 0.622 bits per heavy atom. The van der Waals surface area contributed by atoms with Crippen LogP contribution in [0.15, 0.2) is 121 Å². The minimum atomic E-state index is -1.05. The predicted octanol–water partition coefficient (Wildman–Crippen LogP) is 3.54. The summed E-state index contributed by atoms with van der Waals surface area (Å²) in [7, 11) is -1.92. The van der Waals surface area contributed by atoms with Crippen LogP contribution < -0.4 is 26.5 Å². The Morgan fingerprint density at radius 2 is 0.973 bits per heavy atom. The van der Waals surface area contributed by atoms with E-state index in [4.69, 9.17) is 4.79 Å². The Labute approximate surface area is 236 Å². The first kappa shape index (κ1) is 30.8. The van der Waals surface area contributed by atoms with Crippen molar-refractivity contribution in [3.63, 3.8) is 0 Å². The molecule has 0 saturated carbocycles. The Balaban J connectivity index is 0.00000157. The fourth-order valence-corrected chi connectivity index (χ4v) is 9.34. The number of carbonyl (C=O) groups excluding carboxylic acids is 2. The Hall–Kier alpha value is -2.47. The third-order valence-corrected chi connectivity index (χ3v) is 11.6. The van der Waals surface area contributed by atoms with Gasteiger partial charge in [-0.1, -0.05) is 72.8 Å². The van der Waals surface area contributed by atoms with Crippen LogP contribution in [-0.4, -0.2) is 38.5 Å². The van der Waals surface area contributed by atoms with Gasteiger partial charge in [0.2, 0.25) is 0 Å². The average Bonchev–Trinajstić information content (AvgIpc) is 2.97. The molecular formula is C31H34NO2P2Ru+3. The van der Waals surface area contributed by atoms with E-state index in [0.717, 1.165) is 31.1 Å². The van der Waals surface area contributed by atoms with Crippen molar-refractivity contribution in [2.24, 2.45) is 0 Å². The first-order valence-corrected chi connectivity index (χ1v) is 15.4. The van der Waals surface area contributed by atoms with Crippen LogP contribution in [-0.2, 0) is 29.1 Å². The molecule has 0 heterocycles. The van der Waals surface area contributed by atoms with Crippen molar-refractivity contribution in [3.8, 4) is 0 Å². The van der Waals surface area contributed by atoms with Crippen LogP contribution in [0.1, 0.15) is 0 Å². The van der Waals surface area contributed by atoms with Gasteiger partial charge in [0.05, 0.1) is 35.3 Å². The van der Waals surface area contributed by atoms with Crippen LogP contribution in [0.2, 0.25) is 0 Å². The summed E-state index contributed by atoms with van der Waals surface area (Å²) in [5, 5.41) is 9.14. The molecule has 6 heteroatoms. The predicted molar refractivity (Wildman–Crippen MR) is 161 cm³/mol. The molecule has 3 nitrogen and oxygen atoms in total. The molecule has 0 unspecified atom stereocenters. The number of carbonyl (C=O) groups is 1. The summed E-state index contributed by atoms with van der Waals surface area (Å²) >= 11 is 0. The van der Waals surface area contributed by atoms with E-state index in [0.29, 0.717) is 6.54 Å². The zero-order valence-corrected chi connectivity index (χ0v) is 24.6. The van der Waals surface area contributed by atoms with Crippen LogP contribution in [0.4, 0.5) is 0 Å². The van der Waals surface area contributed by atoms with Gasteiger partial charge in [0.25, 0.3) is 0 Å². The maximum atomic E-state index is 12.0. The fraction of sp³-hybridized carbons (Fsp3) is 0.129. The van der Waals surface area contributed by atoms with E-state index in [-0.39, 0.29) is 19.5 Å². The maximum absolute atomic E-state index is 12.0. The monoisotopic (exact) mass is 616 g/mol. The molecule has 0 bridgehead atoms. The zero-order chi connectivity index (χ0) is 25.4. The Kier molecular flexibility index (Phi) is 14.9. The summed E-state index contributed by atoms with van der Waals surface area (Å²) in [6, 6.07) is 43.0. The fourth-order valence-electron chi connectivity index (χ4n) is 4.22. The molecule has 0 amide bonds. The normalized spacial score (nSPS) is 10.2. The molecule has 0 aliphatic rings. The van der Waals surface area contributed by atoms with Crippen molar-refractivity contribution in [2.45, 2.75) is 0 Å². The van der Waals surface area contributed by atoms with E-state index in [9.17, 15) is 4.79 Å². The first-order valence-electron chi connectivity index (χ1n) is 12.0. The molecule has 0 aromatic heterocycles. The van der Waals surface area contributed by atoms with Crippen LogP contribution in [0.3, 0.4) is 0 Å². The second-order valence-electron chi connectivity index (χ2n) is 8.30. The number of benzene rings is 4. The van der Waals surface area contributed by atoms with Crippen LogP contribution in [0, 0.1) is 5.92 Å². The molecule has 1 N–H and O–H groups in total. The van der Waals surface area contributed by atoms with Gasteiger partial charge in [-0.2, -0.15) is 0 Å². The van der Waals surface area contributed by atoms with E-state index in [1.54, 1.807) is 0 Å². The Bertz CT molecular complexity index is 1060.